The summed E-state index contributed by atoms with van der Waals surface area (Å²) in [4.78, 5) is 78.8. The zero-order chi connectivity index (χ0) is 84.3. The van der Waals surface area contributed by atoms with Gasteiger partial charge in [-0.1, -0.05) is 48.1 Å². The van der Waals surface area contributed by atoms with E-state index in [2.05, 4.69) is 66.1 Å². The van der Waals surface area contributed by atoms with E-state index < -0.39 is 52.9 Å². The molecular formula is C81H84F9N21O6. The van der Waals surface area contributed by atoms with Crippen LogP contribution in [0.2, 0.25) is 0 Å². The molecule has 0 unspecified atom stereocenters. The average Bonchev–Trinajstić information content (AvgIpc) is 1.60. The Bertz CT molecular complexity index is 5470. The third kappa shape index (κ3) is 16.6. The maximum absolute atomic E-state index is 13.3. The number of anilines is 3. The second-order valence-electron chi connectivity index (χ2n) is 31.1. The summed E-state index contributed by atoms with van der Waals surface area (Å²) < 4.78 is 129. The van der Waals surface area contributed by atoms with Gasteiger partial charge in [-0.05, 0) is 191 Å². The van der Waals surface area contributed by atoms with Crippen LogP contribution in [0, 0.1) is 72.5 Å². The van der Waals surface area contributed by atoms with Crippen molar-refractivity contribution < 1.29 is 68.3 Å². The molecule has 12 N–H and O–H groups in total. The zero-order valence-corrected chi connectivity index (χ0v) is 64.6. The van der Waals surface area contributed by atoms with Crippen molar-refractivity contribution in [2.45, 2.75) is 156 Å². The largest absolute Gasteiger partial charge is 0.416 e. The van der Waals surface area contributed by atoms with E-state index in [0.717, 1.165) is 82.1 Å². The summed E-state index contributed by atoms with van der Waals surface area (Å²) in [5.41, 5.74) is 38.6. The lowest BCUT2D eigenvalue weighted by molar-refractivity contribution is -0.138. The fourth-order valence-electron chi connectivity index (χ4n) is 17.2. The molecule has 3 aliphatic carbocycles. The Balaban J connectivity index is 0.000000152. The van der Waals surface area contributed by atoms with Gasteiger partial charge in [-0.25, -0.2) is 14.0 Å². The van der Waals surface area contributed by atoms with E-state index in [1.165, 1.54) is 64.7 Å². The maximum atomic E-state index is 13.3. The number of hydrogen-bond acceptors (Lipinski definition) is 15. The molecule has 9 aromatic rings. The number of nitrogen functional groups attached to an aromatic ring is 3. The number of rotatable bonds is 15. The molecule has 6 aliphatic rings. The van der Waals surface area contributed by atoms with Gasteiger partial charge in [0.2, 0.25) is 0 Å². The molecule has 3 saturated carbocycles. The van der Waals surface area contributed by atoms with E-state index in [9.17, 15) is 68.3 Å². The Morgan fingerprint density at radius 2 is 0.812 bits per heavy atom. The van der Waals surface area contributed by atoms with Crippen LogP contribution in [-0.2, 0) is 52.5 Å². The first-order valence-corrected chi connectivity index (χ1v) is 37.5. The van der Waals surface area contributed by atoms with Crippen LogP contribution in [0.3, 0.4) is 0 Å². The van der Waals surface area contributed by atoms with Crippen molar-refractivity contribution in [1.82, 2.24) is 73.4 Å². The fraction of sp³-hybridized carbons (Fsp3) is 0.407. The Morgan fingerprint density at radius 1 is 0.453 bits per heavy atom. The van der Waals surface area contributed by atoms with E-state index in [1.54, 1.807) is 87.2 Å². The maximum Gasteiger partial charge on any atom is 0.416 e. The minimum atomic E-state index is -4.45. The van der Waals surface area contributed by atoms with E-state index in [4.69, 9.17) is 34.4 Å². The van der Waals surface area contributed by atoms with Gasteiger partial charge in [-0.15, -0.1) is 0 Å². The predicted molar refractivity (Wildman–Crippen MR) is 411 cm³/mol. The lowest BCUT2D eigenvalue weighted by Gasteiger charge is -2.45. The van der Waals surface area contributed by atoms with Gasteiger partial charge in [-0.3, -0.25) is 42.8 Å². The van der Waals surface area contributed by atoms with Crippen LogP contribution < -0.4 is 34.4 Å². The van der Waals surface area contributed by atoms with E-state index >= 15 is 0 Å². The fourth-order valence-corrected chi connectivity index (χ4v) is 17.2. The molecule has 3 aliphatic heterocycles. The lowest BCUT2D eigenvalue weighted by atomic mass is 9.65. The molecule has 27 nitrogen and oxygen atoms in total. The van der Waals surface area contributed by atoms with Crippen molar-refractivity contribution >= 4 is 52.9 Å². The highest BCUT2D eigenvalue weighted by molar-refractivity contribution is 6.05. The number of carbonyl (C=O) groups excluding carboxylic acids is 6. The number of nitrogens with two attached hydrogens (primary N) is 6. The number of amides is 6. The molecule has 0 bridgehead atoms. The zero-order valence-electron chi connectivity index (χ0n) is 64.6. The van der Waals surface area contributed by atoms with Crippen LogP contribution in [-0.4, -0.2) is 148 Å². The van der Waals surface area contributed by atoms with Gasteiger partial charge in [0.1, 0.15) is 51.2 Å². The van der Waals surface area contributed by atoms with Crippen LogP contribution in [0.25, 0.3) is 33.8 Å². The Kier molecular flexibility index (Phi) is 22.1. The highest BCUT2D eigenvalue weighted by Gasteiger charge is 2.54. The van der Waals surface area contributed by atoms with E-state index in [1.807, 2.05) is 0 Å². The number of nitrogens with zero attached hydrogens (tertiary/aromatic N) is 15. The molecular weight excluding hydrogens is 1530 g/mol. The number of aryl methyl sites for hydroxylation is 2. The van der Waals surface area contributed by atoms with Crippen molar-refractivity contribution in [3.05, 3.63) is 159 Å². The minimum Gasteiger partial charge on any atom is -0.383 e. The van der Waals surface area contributed by atoms with Gasteiger partial charge in [0, 0.05) is 74.5 Å². The lowest BCUT2D eigenvalue weighted by Crippen LogP contribution is -2.42. The second-order valence-corrected chi connectivity index (χ2v) is 31.1. The molecule has 0 atom stereocenters. The number of likely N-dealkylation sites (tertiary alicyclic amines) is 3. The highest BCUT2D eigenvalue weighted by atomic mass is 19.4. The van der Waals surface area contributed by atoms with Gasteiger partial charge in [0.25, 0.3) is 35.4 Å². The molecule has 117 heavy (non-hydrogen) atoms. The van der Waals surface area contributed by atoms with Crippen molar-refractivity contribution in [2.75, 3.05) is 56.5 Å². The van der Waals surface area contributed by atoms with Crippen molar-refractivity contribution in [3.8, 4) is 69.3 Å². The van der Waals surface area contributed by atoms with Gasteiger partial charge < -0.3 is 49.1 Å². The van der Waals surface area contributed by atoms with E-state index in [-0.39, 0.29) is 134 Å². The minimum absolute atomic E-state index is 0.0324. The first-order valence-electron chi connectivity index (χ1n) is 37.5. The summed E-state index contributed by atoms with van der Waals surface area (Å²) in [6.45, 7) is 13.6. The molecule has 6 amide bonds. The number of aromatic nitrogens is 12. The number of carbonyl (C=O) groups is 6. The number of primary amides is 3. The summed E-state index contributed by atoms with van der Waals surface area (Å²) in [5, 5.41) is 26.7. The SMILES string of the molecule is CC#CC(=O)N1CCC2(CC(n3nc(-c4cnn(Cc5cc(C(F)(F)F)ccc5C)c4)c(C(N)=O)c3N)C2)C1.CC#CC(=O)N1CCC2(CC(n3nc(-c4cnn(Cc5ccc(C)c(C(F)(F)F)c5)c4)c(C(N)=O)c3N)C2)C1.CC#CC(=O)N1CCC2(CC(n3nc(-c4cnn(Cc5cccc(C(F)(F)F)c5C)c4)c(C(N)=O)c3N)C2)C1. The molecule has 3 aromatic carbocycles. The summed E-state index contributed by atoms with van der Waals surface area (Å²) in [6, 6.07) is 11.6. The molecule has 0 radical (unpaired) electrons. The van der Waals surface area contributed by atoms with Crippen molar-refractivity contribution in [3.63, 3.8) is 0 Å². The van der Waals surface area contributed by atoms with Crippen LogP contribution in [0.5, 0.6) is 0 Å². The monoisotopic (exact) mass is 1620 g/mol. The van der Waals surface area contributed by atoms with Gasteiger partial charge in [0.05, 0.1) is 73.0 Å². The molecule has 612 valence electrons. The molecule has 6 fully saturated rings. The number of alkyl halides is 9. The van der Waals surface area contributed by atoms with Crippen LogP contribution >= 0.6 is 0 Å². The number of hydrogen-bond donors (Lipinski definition) is 6. The number of halogens is 9. The third-order valence-corrected chi connectivity index (χ3v) is 23.3. The first kappa shape index (κ1) is 82.2. The van der Waals surface area contributed by atoms with Gasteiger partial charge in [0.15, 0.2) is 0 Å². The normalized spacial score (nSPS) is 20.5. The van der Waals surface area contributed by atoms with Crippen LogP contribution in [0.1, 0.15) is 178 Å². The summed E-state index contributed by atoms with van der Waals surface area (Å²) in [5.74, 6) is 13.4. The summed E-state index contributed by atoms with van der Waals surface area (Å²) in [7, 11) is 0. The quantitative estimate of drug-likeness (QED) is 0.0410. The predicted octanol–water partition coefficient (Wildman–Crippen LogP) is 10.1. The van der Waals surface area contributed by atoms with Gasteiger partial charge >= 0.3 is 18.5 Å². The first-order chi connectivity index (χ1) is 55.2. The molecule has 36 heteroatoms. The molecule has 15 rings (SSSR count). The Labute approximate surface area is 665 Å². The molecule has 9 heterocycles. The average molecular weight is 1620 g/mol. The Hall–Kier alpha value is -12.8. The highest BCUT2D eigenvalue weighted by Crippen LogP contribution is 2.58. The molecule has 6 aromatic heterocycles. The number of benzene rings is 3. The third-order valence-electron chi connectivity index (χ3n) is 23.3. The molecule has 3 spiro atoms. The molecule has 3 saturated heterocycles. The van der Waals surface area contributed by atoms with Crippen molar-refractivity contribution in [2.24, 2.45) is 33.4 Å². The topological polar surface area (TPSA) is 375 Å². The smallest absolute Gasteiger partial charge is 0.383 e. The van der Waals surface area contributed by atoms with Crippen LogP contribution in [0.15, 0.2) is 91.8 Å². The van der Waals surface area contributed by atoms with E-state index in [0.29, 0.717) is 78.2 Å². The summed E-state index contributed by atoms with van der Waals surface area (Å²) >= 11 is 0. The summed E-state index contributed by atoms with van der Waals surface area (Å²) in [6.07, 6.45) is 2.96. The van der Waals surface area contributed by atoms with Gasteiger partial charge in [-0.2, -0.15) is 70.1 Å². The second kappa shape index (κ2) is 31.4. The van der Waals surface area contributed by atoms with Crippen LogP contribution in [0.4, 0.5) is 57.0 Å². The van der Waals surface area contributed by atoms with Crippen molar-refractivity contribution in [1.29, 1.82) is 0 Å². The Morgan fingerprint density at radius 3 is 1.16 bits per heavy atom. The standard InChI is InChI=1S/3C27H28F3N7O2/c1-3-5-21(38)35-9-8-26(15-35)10-19(11-26)37-24(31)22(25(32)39)23(34-37)18-12-33-36(14-18)13-17-6-4-7-20(16(17)2)27(28,29)30;1-3-4-21(38)35-8-7-26(15-35)10-20(11-26)37-24(31)22(25(32)39)23(34-37)18-12-33-36(14-18)13-17-9-19(27(28,29)30)6-5-16(17)2;1-3-4-21(38)35-8-7-26(15-35)10-19(11-26)37-24(31)22(25(32)39)23(34-37)18-12-33-36(14-18)13-17-6-5-16(2)20(9-17)27(28,29)30/h4,6-7,12,14,19H,8-11,13,15,31H2,1-2H3,(H2,32,39);5-6,9,12,14,20H,7-8,10-11,13,15,31H2,1-2H3,(H2,32,39);5-6,9,12,14,19H,7-8,10-11,13,15,31H2,1-2H3,(H2,32,39).